The smallest absolute Gasteiger partial charge is 0.410 e. The van der Waals surface area contributed by atoms with Crippen molar-refractivity contribution < 1.29 is 18.3 Å². The number of carbonyl (C=O) groups excluding carboxylic acids is 1. The van der Waals surface area contributed by atoms with Gasteiger partial charge in [0.15, 0.2) is 0 Å². The van der Waals surface area contributed by atoms with E-state index in [1.807, 2.05) is 39.0 Å². The number of halogens is 3. The number of fused-ring (bicyclic) bond motifs is 2. The predicted octanol–water partition coefficient (Wildman–Crippen LogP) is 7.06. The number of nitrogens with zero attached hydrogens (tertiary/aromatic N) is 4. The van der Waals surface area contributed by atoms with Crippen LogP contribution in [0.25, 0.3) is 11.1 Å². The van der Waals surface area contributed by atoms with E-state index >= 15 is 0 Å². The van der Waals surface area contributed by atoms with Crippen LogP contribution in [0.4, 0.5) is 25.0 Å². The van der Waals surface area contributed by atoms with Gasteiger partial charge in [-0.25, -0.2) is 13.6 Å². The maximum atomic E-state index is 14.3. The number of hydrogen-bond donors (Lipinski definition) is 0. The highest BCUT2D eigenvalue weighted by atomic mass is 35.5. The molecule has 9 heteroatoms. The van der Waals surface area contributed by atoms with Gasteiger partial charge in [0.1, 0.15) is 5.60 Å². The fourth-order valence-electron chi connectivity index (χ4n) is 5.22. The molecule has 0 radical (unpaired) electrons. The predicted molar refractivity (Wildman–Crippen MR) is 141 cm³/mol. The van der Waals surface area contributed by atoms with Gasteiger partial charge in [0.2, 0.25) is 0 Å². The van der Waals surface area contributed by atoms with Gasteiger partial charge >= 0.3 is 6.09 Å². The second-order valence-electron chi connectivity index (χ2n) is 10.7. The summed E-state index contributed by atoms with van der Waals surface area (Å²) >= 11 is 6.54. The topological polar surface area (TPSA) is 50.6 Å². The van der Waals surface area contributed by atoms with Crippen molar-refractivity contribution in [1.82, 2.24) is 14.7 Å². The third kappa shape index (κ3) is 5.17. The third-order valence-electron chi connectivity index (χ3n) is 6.85. The lowest BCUT2D eigenvalue weighted by molar-refractivity contribution is 0.0224. The van der Waals surface area contributed by atoms with E-state index in [-0.39, 0.29) is 11.7 Å². The summed E-state index contributed by atoms with van der Waals surface area (Å²) in [7, 11) is 1.77. The fourth-order valence-corrected chi connectivity index (χ4v) is 5.46. The first-order valence-corrected chi connectivity index (χ1v) is 12.9. The largest absolute Gasteiger partial charge is 0.444 e. The van der Waals surface area contributed by atoms with Gasteiger partial charge in [0, 0.05) is 53.9 Å². The molecule has 0 fully saturated rings. The molecule has 5 rings (SSSR count). The van der Waals surface area contributed by atoms with Gasteiger partial charge in [-0.1, -0.05) is 11.6 Å². The van der Waals surface area contributed by atoms with Crippen molar-refractivity contribution in [1.29, 1.82) is 0 Å². The molecule has 2 aliphatic rings. The van der Waals surface area contributed by atoms with Crippen LogP contribution < -0.4 is 4.90 Å². The Bertz CT molecular complexity index is 1350. The van der Waals surface area contributed by atoms with E-state index in [0.717, 1.165) is 40.9 Å². The lowest BCUT2D eigenvalue weighted by Gasteiger charge is -2.37. The van der Waals surface area contributed by atoms with Gasteiger partial charge in [-0.15, -0.1) is 0 Å². The van der Waals surface area contributed by atoms with E-state index < -0.39 is 12.0 Å². The molecule has 1 amide bonds. The number of rotatable bonds is 3. The number of amides is 1. The second-order valence-corrected chi connectivity index (χ2v) is 11.2. The van der Waals surface area contributed by atoms with E-state index in [1.54, 1.807) is 35.1 Å². The van der Waals surface area contributed by atoms with Crippen LogP contribution in [0.3, 0.4) is 0 Å². The van der Waals surface area contributed by atoms with Crippen LogP contribution >= 0.6 is 11.6 Å². The molecule has 0 bridgehead atoms. The molecule has 2 aromatic carbocycles. The summed E-state index contributed by atoms with van der Waals surface area (Å²) in [6.07, 6.45) is 2.67. The van der Waals surface area contributed by atoms with Crippen LogP contribution in [0.15, 0.2) is 36.7 Å². The molecule has 196 valence electrons. The molecule has 0 N–H and O–H groups in total. The number of ether oxygens (including phenoxy) is 1. The van der Waals surface area contributed by atoms with Crippen molar-refractivity contribution >= 4 is 29.1 Å². The zero-order chi connectivity index (χ0) is 26.5. The van der Waals surface area contributed by atoms with Gasteiger partial charge in [-0.05, 0) is 86.6 Å². The molecule has 3 heterocycles. The van der Waals surface area contributed by atoms with Crippen molar-refractivity contribution in [2.45, 2.75) is 58.6 Å². The van der Waals surface area contributed by atoms with Crippen molar-refractivity contribution in [3.63, 3.8) is 0 Å². The normalized spacial score (nSPS) is 15.6. The van der Waals surface area contributed by atoms with Gasteiger partial charge in [0.05, 0.1) is 12.7 Å². The first-order chi connectivity index (χ1) is 17.5. The Labute approximate surface area is 220 Å². The standard InChI is InChI=1S/C28H31ClF2N4O2/c1-28(2,3)37-27(36)34-9-7-17-10-20(29)12-25(23(17)16-34)35-8-5-6-18-11-21(19-14-32-33(4)15-19)22(26(30)31)13-24(18)35/h10-15,26H,5-9,16H2,1-4H3. The van der Waals surface area contributed by atoms with Crippen molar-refractivity contribution in [3.05, 3.63) is 63.9 Å². The molecular formula is C28H31ClF2N4O2. The quantitative estimate of drug-likeness (QED) is 0.365. The molecule has 0 spiro atoms. The van der Waals surface area contributed by atoms with Crippen LogP contribution in [0.1, 0.15) is 55.9 Å². The summed E-state index contributed by atoms with van der Waals surface area (Å²) in [5.74, 6) is 0. The highest BCUT2D eigenvalue weighted by Crippen LogP contribution is 2.44. The van der Waals surface area contributed by atoms with Crippen LogP contribution in [-0.2, 0) is 31.2 Å². The Morgan fingerprint density at radius 2 is 1.86 bits per heavy atom. The van der Waals surface area contributed by atoms with E-state index in [2.05, 4.69) is 10.00 Å². The third-order valence-corrected chi connectivity index (χ3v) is 7.06. The highest BCUT2D eigenvalue weighted by Gasteiger charge is 2.31. The lowest BCUT2D eigenvalue weighted by Crippen LogP contribution is -2.40. The molecule has 2 aliphatic heterocycles. The van der Waals surface area contributed by atoms with E-state index in [4.69, 9.17) is 16.3 Å². The minimum absolute atomic E-state index is 0.0232. The molecule has 1 aromatic heterocycles. The molecule has 0 atom stereocenters. The van der Waals surface area contributed by atoms with Gasteiger partial charge < -0.3 is 14.5 Å². The fraction of sp³-hybridized carbons (Fsp3) is 0.429. The van der Waals surface area contributed by atoms with Gasteiger partial charge in [-0.2, -0.15) is 5.10 Å². The van der Waals surface area contributed by atoms with Crippen LogP contribution in [0.2, 0.25) is 5.02 Å². The number of benzene rings is 2. The van der Waals surface area contributed by atoms with E-state index in [0.29, 0.717) is 42.2 Å². The first-order valence-electron chi connectivity index (χ1n) is 12.5. The first kappa shape index (κ1) is 25.5. The molecule has 37 heavy (non-hydrogen) atoms. The molecular weight excluding hydrogens is 498 g/mol. The van der Waals surface area contributed by atoms with Gasteiger partial charge in [0.25, 0.3) is 6.43 Å². The Balaban J connectivity index is 1.57. The van der Waals surface area contributed by atoms with Crippen molar-refractivity contribution in [2.75, 3.05) is 18.0 Å². The number of anilines is 2. The zero-order valence-corrected chi connectivity index (χ0v) is 22.3. The Morgan fingerprint density at radius 1 is 1.08 bits per heavy atom. The Morgan fingerprint density at radius 3 is 2.54 bits per heavy atom. The lowest BCUT2D eigenvalue weighted by atomic mass is 9.91. The summed E-state index contributed by atoms with van der Waals surface area (Å²) in [6.45, 7) is 7.11. The molecule has 0 saturated heterocycles. The summed E-state index contributed by atoms with van der Waals surface area (Å²) < 4.78 is 35.8. The average molecular weight is 529 g/mol. The minimum Gasteiger partial charge on any atom is -0.444 e. The molecule has 0 aliphatic carbocycles. The SMILES string of the molecule is Cn1cc(-c2cc3c(cc2C(F)F)N(c2cc(Cl)cc4c2CN(C(=O)OC(C)(C)C)CC4)CCC3)cn1. The number of carbonyl (C=O) groups is 1. The number of alkyl halides is 2. The molecule has 0 unspecified atom stereocenters. The summed E-state index contributed by atoms with van der Waals surface area (Å²) in [4.78, 5) is 16.6. The number of aromatic nitrogens is 2. The Kier molecular flexibility index (Phi) is 6.64. The molecule has 6 nitrogen and oxygen atoms in total. The average Bonchev–Trinajstić information content (AvgIpc) is 3.27. The zero-order valence-electron chi connectivity index (χ0n) is 21.5. The van der Waals surface area contributed by atoms with Crippen molar-refractivity contribution in [2.24, 2.45) is 7.05 Å². The second kappa shape index (κ2) is 9.63. The van der Waals surface area contributed by atoms with Crippen LogP contribution in [-0.4, -0.2) is 39.5 Å². The molecule has 0 saturated carbocycles. The summed E-state index contributed by atoms with van der Waals surface area (Å²) in [5.41, 5.74) is 5.22. The maximum absolute atomic E-state index is 14.3. The van der Waals surface area contributed by atoms with Crippen molar-refractivity contribution in [3.8, 4) is 11.1 Å². The number of aryl methyl sites for hydroxylation is 2. The summed E-state index contributed by atoms with van der Waals surface area (Å²) in [5, 5.41) is 4.76. The summed E-state index contributed by atoms with van der Waals surface area (Å²) in [6, 6.07) is 7.31. The highest BCUT2D eigenvalue weighted by molar-refractivity contribution is 6.31. The van der Waals surface area contributed by atoms with Gasteiger partial charge in [-0.3, -0.25) is 4.68 Å². The minimum atomic E-state index is -2.64. The van der Waals surface area contributed by atoms with E-state index in [1.165, 1.54) is 0 Å². The number of hydrogen-bond acceptors (Lipinski definition) is 4. The van der Waals surface area contributed by atoms with E-state index in [9.17, 15) is 13.6 Å². The van der Waals surface area contributed by atoms with Crippen LogP contribution in [0.5, 0.6) is 0 Å². The van der Waals surface area contributed by atoms with Crippen LogP contribution in [0, 0.1) is 0 Å². The monoisotopic (exact) mass is 528 g/mol. The molecule has 3 aromatic rings. The Hall–Kier alpha value is -3.13. The maximum Gasteiger partial charge on any atom is 0.410 e.